The first-order valence-electron chi connectivity index (χ1n) is 9.66. The number of carbonyl (C=O) groups is 4. The summed E-state index contributed by atoms with van der Waals surface area (Å²) in [7, 11) is 0. The molecule has 3 aliphatic rings. The number of nitrogens with zero attached hydrogens (tertiary/aromatic N) is 2. The number of aliphatic carboxylic acids is 1. The lowest BCUT2D eigenvalue weighted by atomic mass is 9.96. The highest BCUT2D eigenvalue weighted by atomic mass is 16.5. The van der Waals surface area contributed by atoms with Crippen LogP contribution in [0.15, 0.2) is 48.5 Å². The molecule has 0 bridgehead atoms. The topological polar surface area (TPSA) is 104 Å². The van der Waals surface area contributed by atoms with Crippen LogP contribution < -0.4 is 0 Å². The third-order valence-corrected chi connectivity index (χ3v) is 6.01. The molecule has 1 N–H and O–H groups in total. The van der Waals surface area contributed by atoms with Gasteiger partial charge >= 0.3 is 5.97 Å². The monoisotopic (exact) mass is 406 g/mol. The molecule has 0 aromatic heterocycles. The molecule has 2 aromatic carbocycles. The van der Waals surface area contributed by atoms with Crippen LogP contribution in [-0.2, 0) is 20.7 Å². The van der Waals surface area contributed by atoms with Crippen molar-refractivity contribution in [1.29, 1.82) is 0 Å². The molecule has 8 nitrogen and oxygen atoms in total. The molecule has 1 saturated heterocycles. The molecule has 0 unspecified atom stereocenters. The SMILES string of the molecule is O=C(O)[C@H]1COC[C@H]2c3ccccc3C[C@@H](N3C(=O)c4ccccc4C3=O)C(=O)N12. The molecule has 30 heavy (non-hydrogen) atoms. The van der Waals surface area contributed by atoms with E-state index in [0.29, 0.717) is 0 Å². The number of ether oxygens (including phenoxy) is 1. The van der Waals surface area contributed by atoms with Crippen molar-refractivity contribution in [2.24, 2.45) is 0 Å². The number of carbonyl (C=O) groups excluding carboxylic acids is 3. The van der Waals surface area contributed by atoms with E-state index in [0.717, 1.165) is 16.0 Å². The molecule has 1 fully saturated rings. The van der Waals surface area contributed by atoms with Crippen molar-refractivity contribution in [3.63, 3.8) is 0 Å². The van der Waals surface area contributed by atoms with Gasteiger partial charge in [-0.15, -0.1) is 0 Å². The maximum atomic E-state index is 13.7. The molecule has 2 aromatic rings. The van der Waals surface area contributed by atoms with Gasteiger partial charge in [0.15, 0.2) is 6.04 Å². The molecule has 0 saturated carbocycles. The van der Waals surface area contributed by atoms with Crippen LogP contribution in [0.5, 0.6) is 0 Å². The number of hydrogen-bond acceptors (Lipinski definition) is 5. The Labute approximate surface area is 171 Å². The number of carboxylic acids is 1. The third-order valence-electron chi connectivity index (χ3n) is 6.01. The van der Waals surface area contributed by atoms with Gasteiger partial charge in [0.1, 0.15) is 6.04 Å². The van der Waals surface area contributed by atoms with Gasteiger partial charge < -0.3 is 14.7 Å². The average molecular weight is 406 g/mol. The van der Waals surface area contributed by atoms with Crippen LogP contribution in [0.3, 0.4) is 0 Å². The molecule has 3 aliphatic heterocycles. The zero-order valence-corrected chi connectivity index (χ0v) is 15.9. The zero-order valence-electron chi connectivity index (χ0n) is 15.9. The Morgan fingerprint density at radius 3 is 2.20 bits per heavy atom. The lowest BCUT2D eigenvalue weighted by Gasteiger charge is -2.41. The fraction of sp³-hybridized carbons (Fsp3) is 0.273. The van der Waals surface area contributed by atoms with Crippen molar-refractivity contribution in [3.05, 3.63) is 70.8 Å². The van der Waals surface area contributed by atoms with E-state index in [9.17, 15) is 24.3 Å². The Bertz CT molecular complexity index is 1060. The summed E-state index contributed by atoms with van der Waals surface area (Å²) in [6.07, 6.45) is 0.125. The smallest absolute Gasteiger partial charge is 0.328 e. The summed E-state index contributed by atoms with van der Waals surface area (Å²) < 4.78 is 5.51. The largest absolute Gasteiger partial charge is 0.480 e. The normalized spacial score (nSPS) is 25.5. The third kappa shape index (κ3) is 2.57. The predicted octanol–water partition coefficient (Wildman–Crippen LogP) is 1.26. The minimum absolute atomic E-state index is 0.125. The van der Waals surface area contributed by atoms with Crippen molar-refractivity contribution in [1.82, 2.24) is 9.80 Å². The molecule has 152 valence electrons. The first-order valence-corrected chi connectivity index (χ1v) is 9.66. The Morgan fingerprint density at radius 2 is 1.53 bits per heavy atom. The zero-order chi connectivity index (χ0) is 21.0. The highest BCUT2D eigenvalue weighted by molar-refractivity contribution is 6.23. The van der Waals surface area contributed by atoms with Gasteiger partial charge in [-0.3, -0.25) is 19.3 Å². The number of carboxylic acid groups (broad SMARTS) is 1. The molecule has 0 radical (unpaired) electrons. The molecule has 3 atom stereocenters. The summed E-state index contributed by atoms with van der Waals surface area (Å²) in [5.41, 5.74) is 2.06. The van der Waals surface area contributed by atoms with Crippen molar-refractivity contribution < 1.29 is 29.0 Å². The maximum Gasteiger partial charge on any atom is 0.328 e. The van der Waals surface area contributed by atoms with E-state index < -0.39 is 41.8 Å². The van der Waals surface area contributed by atoms with Gasteiger partial charge in [-0.25, -0.2) is 4.79 Å². The molecule has 8 heteroatoms. The molecule has 3 amide bonds. The van der Waals surface area contributed by atoms with Crippen LogP contribution in [0.2, 0.25) is 0 Å². The second-order valence-electron chi connectivity index (χ2n) is 7.60. The van der Waals surface area contributed by atoms with Gasteiger partial charge in [0.2, 0.25) is 5.91 Å². The van der Waals surface area contributed by atoms with Gasteiger partial charge in [-0.1, -0.05) is 36.4 Å². The highest BCUT2D eigenvalue weighted by Gasteiger charge is 2.50. The van der Waals surface area contributed by atoms with E-state index >= 15 is 0 Å². The molecule has 0 aliphatic carbocycles. The number of amides is 3. The number of rotatable bonds is 2. The predicted molar refractivity (Wildman–Crippen MR) is 103 cm³/mol. The van der Waals surface area contributed by atoms with E-state index in [2.05, 4.69) is 0 Å². The maximum absolute atomic E-state index is 13.7. The van der Waals surface area contributed by atoms with Crippen LogP contribution in [-0.4, -0.2) is 63.9 Å². The van der Waals surface area contributed by atoms with Crippen LogP contribution in [0.25, 0.3) is 0 Å². The van der Waals surface area contributed by atoms with E-state index in [-0.39, 0.29) is 30.8 Å². The Kier molecular flexibility index (Phi) is 4.18. The van der Waals surface area contributed by atoms with E-state index in [1.54, 1.807) is 24.3 Å². The van der Waals surface area contributed by atoms with Crippen LogP contribution in [0.4, 0.5) is 0 Å². The summed E-state index contributed by atoms with van der Waals surface area (Å²) in [5.74, 6) is -2.81. The number of morpholine rings is 1. The first kappa shape index (κ1) is 18.5. The minimum Gasteiger partial charge on any atom is -0.480 e. The molecule has 0 spiro atoms. The van der Waals surface area contributed by atoms with E-state index in [1.165, 1.54) is 4.90 Å². The minimum atomic E-state index is -1.19. The summed E-state index contributed by atoms with van der Waals surface area (Å²) >= 11 is 0. The number of benzene rings is 2. The molecular formula is C22H18N2O6. The molecule has 5 rings (SSSR count). The van der Waals surface area contributed by atoms with Crippen molar-refractivity contribution in [3.8, 4) is 0 Å². The Hall–Kier alpha value is -3.52. The lowest BCUT2D eigenvalue weighted by Crippen LogP contribution is -2.59. The van der Waals surface area contributed by atoms with Crippen molar-refractivity contribution in [2.75, 3.05) is 13.2 Å². The van der Waals surface area contributed by atoms with Gasteiger partial charge in [-0.2, -0.15) is 0 Å². The Balaban J connectivity index is 1.64. The summed E-state index contributed by atoms with van der Waals surface area (Å²) in [5, 5.41) is 9.71. The standard InChI is InChI=1S/C22H18N2O6/c25-19-14-7-3-4-8-15(14)20(26)24(19)16-9-12-5-1-2-6-13(12)17-10-30-11-18(22(28)29)23(17)21(16)27/h1-8,16-18H,9-11H2,(H,28,29)/t16-,17+,18-/m1/s1. The van der Waals surface area contributed by atoms with Crippen LogP contribution >= 0.6 is 0 Å². The van der Waals surface area contributed by atoms with Gasteiger partial charge in [-0.05, 0) is 23.3 Å². The Morgan fingerprint density at radius 1 is 0.900 bits per heavy atom. The number of fused-ring (bicyclic) bond motifs is 4. The second kappa shape index (κ2) is 6.77. The quantitative estimate of drug-likeness (QED) is 0.753. The second-order valence-corrected chi connectivity index (χ2v) is 7.60. The van der Waals surface area contributed by atoms with E-state index in [1.807, 2.05) is 24.3 Å². The summed E-state index contributed by atoms with van der Waals surface area (Å²) in [6.45, 7) is 0.00987. The molecular weight excluding hydrogens is 388 g/mol. The van der Waals surface area contributed by atoms with Crippen molar-refractivity contribution in [2.45, 2.75) is 24.5 Å². The first-order chi connectivity index (χ1) is 14.5. The van der Waals surface area contributed by atoms with Crippen molar-refractivity contribution >= 4 is 23.7 Å². The lowest BCUT2D eigenvalue weighted by molar-refractivity contribution is -0.165. The van der Waals surface area contributed by atoms with E-state index in [4.69, 9.17) is 4.74 Å². The summed E-state index contributed by atoms with van der Waals surface area (Å²) in [4.78, 5) is 53.9. The average Bonchev–Trinajstić information content (AvgIpc) is 2.93. The van der Waals surface area contributed by atoms with Gasteiger partial charge in [0.25, 0.3) is 11.8 Å². The highest BCUT2D eigenvalue weighted by Crippen LogP contribution is 2.37. The fourth-order valence-corrected chi connectivity index (χ4v) is 4.61. The summed E-state index contributed by atoms with van der Waals surface area (Å²) in [6, 6.07) is 10.8. The fourth-order valence-electron chi connectivity index (χ4n) is 4.61. The van der Waals surface area contributed by atoms with Crippen LogP contribution in [0, 0.1) is 0 Å². The van der Waals surface area contributed by atoms with Crippen LogP contribution in [0.1, 0.15) is 37.9 Å². The number of hydrogen-bond donors (Lipinski definition) is 1. The number of imide groups is 1. The molecule has 3 heterocycles. The van der Waals surface area contributed by atoms with Gasteiger partial charge in [0.05, 0.1) is 30.4 Å². The van der Waals surface area contributed by atoms with Gasteiger partial charge in [0, 0.05) is 6.42 Å².